The Kier molecular flexibility index (Phi) is 7.12. The molecule has 0 aliphatic carbocycles. The first kappa shape index (κ1) is 24.7. The van der Waals surface area contributed by atoms with Crippen molar-refractivity contribution in [3.05, 3.63) is 70.8 Å². The van der Waals surface area contributed by atoms with Crippen molar-refractivity contribution in [2.75, 3.05) is 20.8 Å². The third kappa shape index (κ3) is 4.72. The zero-order valence-corrected chi connectivity index (χ0v) is 17.1. The maximum Gasteiger partial charge on any atom is 0.428 e. The molecule has 0 radical (unpaired) electrons. The Morgan fingerprint density at radius 3 is 2.10 bits per heavy atom. The first-order chi connectivity index (χ1) is 14.0. The quantitative estimate of drug-likeness (QED) is 0.675. The average molecular weight is 466 g/mol. The fourth-order valence-corrected chi connectivity index (χ4v) is 3.29. The largest absolute Gasteiger partial charge is 1.00 e. The van der Waals surface area contributed by atoms with E-state index in [-0.39, 0.29) is 29.3 Å². The molecule has 2 aromatic carbocycles. The van der Waals surface area contributed by atoms with E-state index >= 15 is 0 Å². The number of alkyl halides is 6. The van der Waals surface area contributed by atoms with E-state index in [9.17, 15) is 26.3 Å². The number of benzene rings is 2. The predicted octanol–water partition coefficient (Wildman–Crippen LogP) is 0.719. The molecule has 0 aromatic heterocycles. The zero-order valence-electron chi connectivity index (χ0n) is 16.4. The van der Waals surface area contributed by atoms with Crippen molar-refractivity contribution >= 4 is 11.8 Å². The maximum atomic E-state index is 13.9. The number of methoxy groups -OCH3 is 2. The molecule has 31 heavy (non-hydrogen) atoms. The molecule has 1 N–H and O–H groups in total. The number of hydrogen-bond acceptors (Lipinski definition) is 2. The van der Waals surface area contributed by atoms with Crippen LogP contribution in [0.3, 0.4) is 0 Å². The van der Waals surface area contributed by atoms with Crippen molar-refractivity contribution in [2.24, 2.45) is 0 Å². The monoisotopic (exact) mass is 465 g/mol. The van der Waals surface area contributed by atoms with Crippen molar-refractivity contribution in [3.8, 4) is 5.75 Å². The average Bonchev–Trinajstić information content (AvgIpc) is 2.70. The highest BCUT2D eigenvalue weighted by Crippen LogP contribution is 2.44. The number of hydrogen-bond donors (Lipinski definition) is 1. The molecule has 1 atom stereocenters. The first-order valence-electron chi connectivity index (χ1n) is 8.79. The van der Waals surface area contributed by atoms with E-state index < -0.39 is 30.1 Å². The Labute approximate surface area is 180 Å². The lowest BCUT2D eigenvalue weighted by Crippen LogP contribution is -3.00. The lowest BCUT2D eigenvalue weighted by molar-refractivity contribution is -0.506. The van der Waals surface area contributed by atoms with Crippen LogP contribution in [-0.2, 0) is 16.5 Å². The Morgan fingerprint density at radius 2 is 1.58 bits per heavy atom. The van der Waals surface area contributed by atoms with Gasteiger partial charge in [0.05, 0.1) is 18.2 Å². The second kappa shape index (κ2) is 8.92. The standard InChI is InChI=1S/C21H17F6NO2.ClH/c1-29-15-8-9-16-17(11-15)19(30-2,21(25,26)27)12-28-18(16)10-5-13-3-6-14(7-4-13)20(22,23)24;/h3-11H,12H2,1-2H3;1H. The number of nitrogens with one attached hydrogen (secondary N) is 1. The predicted molar refractivity (Wildman–Crippen MR) is 98.2 cm³/mol. The fourth-order valence-electron chi connectivity index (χ4n) is 3.29. The molecule has 3 nitrogen and oxygen atoms in total. The smallest absolute Gasteiger partial charge is 0.428 e. The summed E-state index contributed by atoms with van der Waals surface area (Å²) in [5.74, 6) is 0.243. The number of rotatable bonds is 4. The van der Waals surface area contributed by atoms with Gasteiger partial charge in [0.2, 0.25) is 11.3 Å². The Bertz CT molecular complexity index is 983. The fraction of sp³-hybridized carbons (Fsp3) is 0.286. The zero-order chi connectivity index (χ0) is 22.2. The number of ether oxygens (including phenoxy) is 2. The summed E-state index contributed by atoms with van der Waals surface area (Å²) in [6, 6.07) is 8.73. The second-order valence-electron chi connectivity index (χ2n) is 6.66. The maximum absolute atomic E-state index is 13.9. The molecule has 1 aliphatic rings. The van der Waals surface area contributed by atoms with Crippen LogP contribution >= 0.6 is 0 Å². The van der Waals surface area contributed by atoms with Crippen LogP contribution < -0.4 is 22.1 Å². The summed E-state index contributed by atoms with van der Waals surface area (Å²) in [7, 11) is 2.33. The number of allylic oxidation sites excluding steroid dienone is 1. The minimum Gasteiger partial charge on any atom is -1.00 e. The van der Waals surface area contributed by atoms with Crippen LogP contribution in [0.5, 0.6) is 5.75 Å². The molecule has 3 rings (SSSR count). The minimum atomic E-state index is -4.70. The minimum absolute atomic E-state index is 0. The van der Waals surface area contributed by atoms with Crippen LogP contribution in [0.15, 0.2) is 48.5 Å². The van der Waals surface area contributed by atoms with E-state index in [1.54, 1.807) is 0 Å². The van der Waals surface area contributed by atoms with Crippen molar-refractivity contribution < 1.29 is 53.2 Å². The molecule has 1 unspecified atom stereocenters. The Morgan fingerprint density at radius 1 is 0.935 bits per heavy atom. The number of fused-ring (bicyclic) bond motifs is 1. The van der Waals surface area contributed by atoms with E-state index in [1.807, 2.05) is 0 Å². The molecule has 2 aromatic rings. The van der Waals surface area contributed by atoms with Gasteiger partial charge in [0, 0.05) is 18.7 Å². The lowest BCUT2D eigenvalue weighted by Gasteiger charge is -2.34. The second-order valence-corrected chi connectivity index (χ2v) is 6.66. The van der Waals surface area contributed by atoms with Crippen molar-refractivity contribution in [3.63, 3.8) is 0 Å². The third-order valence-electron chi connectivity index (χ3n) is 4.97. The summed E-state index contributed by atoms with van der Waals surface area (Å²) in [6.45, 7) is -0.570. The van der Waals surface area contributed by atoms with Crippen LogP contribution in [0.2, 0.25) is 0 Å². The van der Waals surface area contributed by atoms with Crippen molar-refractivity contribution in [1.29, 1.82) is 0 Å². The molecule has 0 bridgehead atoms. The van der Waals surface area contributed by atoms with Crippen molar-refractivity contribution in [1.82, 2.24) is 0 Å². The van der Waals surface area contributed by atoms with Gasteiger partial charge in [-0.3, -0.25) is 0 Å². The topological polar surface area (TPSA) is 32.4 Å². The lowest BCUT2D eigenvalue weighted by atomic mass is 9.84. The summed E-state index contributed by atoms with van der Waals surface area (Å²) in [5, 5.41) is 0. The van der Waals surface area contributed by atoms with E-state index in [1.165, 1.54) is 49.6 Å². The van der Waals surface area contributed by atoms with Gasteiger partial charge >= 0.3 is 12.4 Å². The SMILES string of the molecule is COc1ccc2c(c1)C(OC)(C(F)(F)F)C[NH+]=C2C=Cc1ccc(C(F)(F)F)cc1.[Cl-]. The van der Waals surface area contributed by atoms with Gasteiger partial charge in [-0.05, 0) is 42.0 Å². The van der Waals surface area contributed by atoms with Gasteiger partial charge in [-0.25, -0.2) is 4.99 Å². The van der Waals surface area contributed by atoms with Gasteiger partial charge in [-0.15, -0.1) is 0 Å². The van der Waals surface area contributed by atoms with Crippen LogP contribution in [0.1, 0.15) is 22.3 Å². The van der Waals surface area contributed by atoms with E-state index in [2.05, 4.69) is 4.99 Å². The Hall–Kier alpha value is -2.52. The van der Waals surface area contributed by atoms with Gasteiger partial charge in [0.15, 0.2) is 6.54 Å². The molecule has 10 heteroatoms. The Balaban J connectivity index is 0.00000341. The van der Waals surface area contributed by atoms with Crippen molar-refractivity contribution in [2.45, 2.75) is 18.0 Å². The van der Waals surface area contributed by atoms with Crippen LogP contribution in [-0.4, -0.2) is 32.7 Å². The van der Waals surface area contributed by atoms with E-state index in [0.717, 1.165) is 19.2 Å². The van der Waals surface area contributed by atoms with Crippen LogP contribution in [0.4, 0.5) is 26.3 Å². The van der Waals surface area contributed by atoms with Gasteiger partial charge in [0.25, 0.3) is 0 Å². The normalized spacial score (nSPS) is 18.9. The third-order valence-corrected chi connectivity index (χ3v) is 4.97. The molecule has 0 saturated carbocycles. The molecule has 168 valence electrons. The molecular formula is C21H18ClF6NO2. The van der Waals surface area contributed by atoms with Gasteiger partial charge in [-0.2, -0.15) is 26.3 Å². The molecule has 0 saturated heterocycles. The summed E-state index contributed by atoms with van der Waals surface area (Å²) >= 11 is 0. The summed E-state index contributed by atoms with van der Waals surface area (Å²) in [6.07, 6.45) is -6.10. The van der Waals surface area contributed by atoms with Gasteiger partial charge in [-0.1, -0.05) is 12.1 Å². The summed E-state index contributed by atoms with van der Waals surface area (Å²) in [5.41, 5.74) is -2.36. The summed E-state index contributed by atoms with van der Waals surface area (Å²) < 4.78 is 89.7. The molecule has 0 amide bonds. The first-order valence-corrected chi connectivity index (χ1v) is 8.79. The van der Waals surface area contributed by atoms with E-state index in [4.69, 9.17) is 9.47 Å². The van der Waals surface area contributed by atoms with Gasteiger partial charge < -0.3 is 21.9 Å². The van der Waals surface area contributed by atoms with Gasteiger partial charge in [0.1, 0.15) is 5.75 Å². The highest BCUT2D eigenvalue weighted by Gasteiger charge is 2.61. The van der Waals surface area contributed by atoms with Crippen LogP contribution in [0.25, 0.3) is 6.08 Å². The molecule has 0 fully saturated rings. The molecular weight excluding hydrogens is 448 g/mol. The molecule has 0 spiro atoms. The number of halogens is 7. The highest BCUT2D eigenvalue weighted by atomic mass is 35.5. The molecule has 1 aliphatic heterocycles. The molecule has 1 heterocycles. The summed E-state index contributed by atoms with van der Waals surface area (Å²) in [4.78, 5) is 2.73. The highest BCUT2D eigenvalue weighted by molar-refractivity contribution is 6.08. The van der Waals surface area contributed by atoms with E-state index in [0.29, 0.717) is 11.3 Å². The van der Waals surface area contributed by atoms with Crippen LogP contribution in [0, 0.1) is 0 Å².